The fourth-order valence-electron chi connectivity index (χ4n) is 1.60. The van der Waals surface area contributed by atoms with E-state index in [0.29, 0.717) is 25.7 Å². The van der Waals surface area contributed by atoms with Gasteiger partial charge >= 0.3 is 5.97 Å². The Labute approximate surface area is 149 Å². The maximum Gasteiger partial charge on any atom is 0.333 e. The van der Waals surface area contributed by atoms with Crippen LogP contribution < -0.4 is 0 Å². The number of hydrogen-bond donors (Lipinski definition) is 0. The SMILES string of the molecule is CCCOC(=O)COS(=O)(=O)CCCCCCS(=O)(=O)OCC(C)=O. The van der Waals surface area contributed by atoms with Crippen molar-refractivity contribution >= 4 is 32.0 Å². The third-order valence-corrected chi connectivity index (χ3v) is 5.34. The number of hydrogen-bond acceptors (Lipinski definition) is 9. The van der Waals surface area contributed by atoms with Crippen LogP contribution in [0.2, 0.25) is 0 Å². The summed E-state index contributed by atoms with van der Waals surface area (Å²) in [7, 11) is -7.55. The van der Waals surface area contributed by atoms with Crippen LogP contribution >= 0.6 is 0 Å². The highest BCUT2D eigenvalue weighted by molar-refractivity contribution is 7.86. The van der Waals surface area contributed by atoms with E-state index < -0.39 is 39.4 Å². The van der Waals surface area contributed by atoms with E-state index in [1.165, 1.54) is 6.92 Å². The first kappa shape index (κ1) is 24.0. The highest BCUT2D eigenvalue weighted by Crippen LogP contribution is 2.07. The second-order valence-corrected chi connectivity index (χ2v) is 8.90. The molecule has 0 heterocycles. The molecule has 0 aliphatic rings. The molecule has 148 valence electrons. The van der Waals surface area contributed by atoms with Gasteiger partial charge in [-0.1, -0.05) is 19.8 Å². The fraction of sp³-hybridized carbons (Fsp3) is 0.857. The molecule has 0 radical (unpaired) electrons. The molecule has 0 amide bonds. The summed E-state index contributed by atoms with van der Waals surface area (Å²) in [5.41, 5.74) is 0. The largest absolute Gasteiger partial charge is 0.464 e. The third-order valence-electron chi connectivity index (χ3n) is 2.80. The quantitative estimate of drug-likeness (QED) is 0.221. The Balaban J connectivity index is 3.85. The molecule has 0 aromatic carbocycles. The summed E-state index contributed by atoms with van der Waals surface area (Å²) in [6.07, 6.45) is 2.17. The van der Waals surface area contributed by atoms with Crippen LogP contribution in [-0.4, -0.2) is 59.9 Å². The van der Waals surface area contributed by atoms with E-state index in [1.54, 1.807) is 0 Å². The van der Waals surface area contributed by atoms with E-state index in [1.807, 2.05) is 6.92 Å². The van der Waals surface area contributed by atoms with Crippen LogP contribution in [0.25, 0.3) is 0 Å². The summed E-state index contributed by atoms with van der Waals surface area (Å²) in [4.78, 5) is 21.8. The zero-order valence-corrected chi connectivity index (χ0v) is 16.2. The summed E-state index contributed by atoms with van der Waals surface area (Å²) in [6, 6.07) is 0. The lowest BCUT2D eigenvalue weighted by molar-refractivity contribution is -0.145. The summed E-state index contributed by atoms with van der Waals surface area (Å²) < 4.78 is 59.7. The van der Waals surface area contributed by atoms with Crippen LogP contribution in [0.1, 0.15) is 46.0 Å². The van der Waals surface area contributed by atoms with Gasteiger partial charge in [-0.05, 0) is 26.2 Å². The van der Waals surface area contributed by atoms with E-state index in [9.17, 15) is 26.4 Å². The zero-order valence-electron chi connectivity index (χ0n) is 14.6. The number of rotatable bonds is 15. The second-order valence-electron chi connectivity index (χ2n) is 5.38. The number of esters is 1. The van der Waals surface area contributed by atoms with E-state index in [0.717, 1.165) is 0 Å². The van der Waals surface area contributed by atoms with Gasteiger partial charge in [-0.25, -0.2) is 4.79 Å². The van der Waals surface area contributed by atoms with Crippen molar-refractivity contribution in [3.63, 3.8) is 0 Å². The Bertz CT molecular complexity index is 608. The van der Waals surface area contributed by atoms with Crippen molar-refractivity contribution in [1.82, 2.24) is 0 Å². The summed E-state index contributed by atoms with van der Waals surface area (Å²) in [5, 5.41) is 0. The van der Waals surface area contributed by atoms with Crippen molar-refractivity contribution < 1.29 is 39.5 Å². The maximum atomic E-state index is 11.6. The number of carbonyl (C=O) groups is 2. The van der Waals surface area contributed by atoms with E-state index in [4.69, 9.17) is 4.74 Å². The van der Waals surface area contributed by atoms with E-state index in [2.05, 4.69) is 8.37 Å². The van der Waals surface area contributed by atoms with Gasteiger partial charge in [-0.2, -0.15) is 16.8 Å². The zero-order chi connectivity index (χ0) is 19.3. The van der Waals surface area contributed by atoms with Gasteiger partial charge in [0.05, 0.1) is 18.1 Å². The van der Waals surface area contributed by atoms with Crippen LogP contribution in [0.5, 0.6) is 0 Å². The fourth-order valence-corrected chi connectivity index (χ4v) is 3.57. The molecule has 25 heavy (non-hydrogen) atoms. The van der Waals surface area contributed by atoms with Gasteiger partial charge in [0.25, 0.3) is 20.2 Å². The molecule has 0 bridgehead atoms. The van der Waals surface area contributed by atoms with Crippen LogP contribution in [0.3, 0.4) is 0 Å². The van der Waals surface area contributed by atoms with Gasteiger partial charge in [0.2, 0.25) is 0 Å². The first-order chi connectivity index (χ1) is 11.6. The maximum absolute atomic E-state index is 11.6. The minimum absolute atomic E-state index is 0.210. The van der Waals surface area contributed by atoms with Crippen molar-refractivity contribution in [2.75, 3.05) is 31.3 Å². The molecule has 0 rings (SSSR count). The van der Waals surface area contributed by atoms with Gasteiger partial charge in [0.1, 0.15) is 6.61 Å². The topological polar surface area (TPSA) is 130 Å². The average molecular weight is 402 g/mol. The molecule has 0 aliphatic carbocycles. The first-order valence-electron chi connectivity index (χ1n) is 7.97. The average Bonchev–Trinajstić information content (AvgIpc) is 2.52. The second kappa shape index (κ2) is 12.3. The van der Waals surface area contributed by atoms with Crippen molar-refractivity contribution in [3.8, 4) is 0 Å². The predicted octanol–water partition coefficient (Wildman–Crippen LogP) is 0.782. The molecule has 0 saturated carbocycles. The lowest BCUT2D eigenvalue weighted by atomic mass is 10.2. The molecule has 9 nitrogen and oxygen atoms in total. The molecule has 0 atom stereocenters. The molecular formula is C14H26O9S2. The molecule has 11 heteroatoms. The summed E-state index contributed by atoms with van der Waals surface area (Å²) in [6.45, 7) is 2.13. The molecule has 0 spiro atoms. The summed E-state index contributed by atoms with van der Waals surface area (Å²) in [5.74, 6) is -1.61. The van der Waals surface area contributed by atoms with Crippen molar-refractivity contribution in [1.29, 1.82) is 0 Å². The highest BCUT2D eigenvalue weighted by Gasteiger charge is 2.15. The smallest absolute Gasteiger partial charge is 0.333 e. The normalized spacial score (nSPS) is 12.1. The summed E-state index contributed by atoms with van der Waals surface area (Å²) >= 11 is 0. The van der Waals surface area contributed by atoms with Crippen LogP contribution in [-0.2, 0) is 42.9 Å². The highest BCUT2D eigenvalue weighted by atomic mass is 32.2. The van der Waals surface area contributed by atoms with Crippen molar-refractivity contribution in [2.45, 2.75) is 46.0 Å². The third kappa shape index (κ3) is 15.0. The number of Topliss-reactive ketones (excluding diaryl/α,β-unsaturated/α-hetero) is 1. The number of carbonyl (C=O) groups excluding carboxylic acids is 2. The molecule has 0 N–H and O–H groups in total. The van der Waals surface area contributed by atoms with Crippen LogP contribution in [0, 0.1) is 0 Å². The Kier molecular flexibility index (Phi) is 11.8. The molecule has 0 saturated heterocycles. The first-order valence-corrected chi connectivity index (χ1v) is 11.1. The molecular weight excluding hydrogens is 376 g/mol. The molecule has 0 fully saturated rings. The van der Waals surface area contributed by atoms with Crippen molar-refractivity contribution in [3.05, 3.63) is 0 Å². The van der Waals surface area contributed by atoms with Gasteiger partial charge < -0.3 is 4.74 Å². The number of unbranched alkanes of at least 4 members (excludes halogenated alkanes) is 3. The number of ether oxygens (including phenoxy) is 1. The molecule has 0 aliphatic heterocycles. The lowest BCUT2D eigenvalue weighted by Crippen LogP contribution is -2.19. The standard InChI is InChI=1S/C14H26O9S2/c1-3-8-21-14(16)12-23-25(19,20)10-7-5-4-6-9-24(17,18)22-11-13(2)15/h3-12H2,1-2H3. The van der Waals surface area contributed by atoms with E-state index >= 15 is 0 Å². The molecule has 0 unspecified atom stereocenters. The minimum atomic E-state index is -3.82. The van der Waals surface area contributed by atoms with E-state index in [-0.39, 0.29) is 30.3 Å². The number of ketones is 1. The van der Waals surface area contributed by atoms with Gasteiger partial charge in [-0.15, -0.1) is 0 Å². The monoisotopic (exact) mass is 402 g/mol. The molecule has 0 aromatic heterocycles. The Morgan fingerprint density at radius 1 is 0.800 bits per heavy atom. The predicted molar refractivity (Wildman–Crippen MR) is 89.9 cm³/mol. The molecule has 0 aromatic rings. The van der Waals surface area contributed by atoms with Crippen LogP contribution in [0.15, 0.2) is 0 Å². The Hall–Kier alpha value is -1.04. The van der Waals surface area contributed by atoms with Gasteiger partial charge in [0.15, 0.2) is 12.4 Å². The Morgan fingerprint density at radius 2 is 1.28 bits per heavy atom. The lowest BCUT2D eigenvalue weighted by Gasteiger charge is -2.06. The minimum Gasteiger partial charge on any atom is -0.464 e. The van der Waals surface area contributed by atoms with Gasteiger partial charge in [0, 0.05) is 0 Å². The Morgan fingerprint density at radius 3 is 1.72 bits per heavy atom. The van der Waals surface area contributed by atoms with Crippen LogP contribution in [0.4, 0.5) is 0 Å². The van der Waals surface area contributed by atoms with Gasteiger partial charge in [-0.3, -0.25) is 13.2 Å². The van der Waals surface area contributed by atoms with Crippen molar-refractivity contribution in [2.24, 2.45) is 0 Å².